The minimum Gasteiger partial charge on any atom is -0.379 e. The average molecular weight is 301 g/mol. The zero-order chi connectivity index (χ0) is 15.2. The Labute approximate surface area is 130 Å². The number of rotatable bonds is 13. The third kappa shape index (κ3) is 9.46. The van der Waals surface area contributed by atoms with Crippen molar-refractivity contribution >= 4 is 0 Å². The second-order valence-electron chi connectivity index (χ2n) is 5.92. The Morgan fingerprint density at radius 2 is 1.48 bits per heavy atom. The molecule has 2 atom stereocenters. The van der Waals surface area contributed by atoms with Crippen LogP contribution in [0.15, 0.2) is 0 Å². The molecule has 21 heavy (non-hydrogen) atoms. The third-order valence-corrected chi connectivity index (χ3v) is 4.30. The predicted molar refractivity (Wildman–Crippen MR) is 86.8 cm³/mol. The summed E-state index contributed by atoms with van der Waals surface area (Å²) in [5, 5.41) is 3.45. The van der Waals surface area contributed by atoms with Crippen LogP contribution in [0.25, 0.3) is 0 Å². The molecule has 1 aliphatic rings. The van der Waals surface area contributed by atoms with Crippen LogP contribution >= 0.6 is 0 Å². The van der Waals surface area contributed by atoms with E-state index in [2.05, 4.69) is 19.3 Å². The molecule has 0 amide bonds. The molecule has 1 rings (SSSR count). The first-order valence-corrected chi connectivity index (χ1v) is 8.79. The SMILES string of the molecule is CCCCOCCOCCOCCC1CCCCC1NC. The van der Waals surface area contributed by atoms with Crippen LogP contribution < -0.4 is 5.32 Å². The summed E-state index contributed by atoms with van der Waals surface area (Å²) in [6.45, 7) is 6.64. The fourth-order valence-electron chi connectivity index (χ4n) is 2.96. The highest BCUT2D eigenvalue weighted by molar-refractivity contribution is 4.79. The van der Waals surface area contributed by atoms with Gasteiger partial charge in [-0.15, -0.1) is 0 Å². The van der Waals surface area contributed by atoms with Crippen molar-refractivity contribution < 1.29 is 14.2 Å². The van der Waals surface area contributed by atoms with Crippen LogP contribution in [-0.2, 0) is 14.2 Å². The van der Waals surface area contributed by atoms with Crippen LogP contribution in [0.1, 0.15) is 51.9 Å². The second-order valence-corrected chi connectivity index (χ2v) is 5.92. The van der Waals surface area contributed by atoms with E-state index >= 15 is 0 Å². The van der Waals surface area contributed by atoms with Crippen molar-refractivity contribution in [1.29, 1.82) is 0 Å². The maximum atomic E-state index is 5.68. The van der Waals surface area contributed by atoms with Crippen molar-refractivity contribution in [3.8, 4) is 0 Å². The normalized spacial score (nSPS) is 22.6. The molecule has 1 N–H and O–H groups in total. The Hall–Kier alpha value is -0.160. The van der Waals surface area contributed by atoms with Gasteiger partial charge in [0.25, 0.3) is 0 Å². The zero-order valence-corrected chi connectivity index (χ0v) is 14.1. The Bertz CT molecular complexity index is 226. The largest absolute Gasteiger partial charge is 0.379 e. The fourth-order valence-corrected chi connectivity index (χ4v) is 2.96. The third-order valence-electron chi connectivity index (χ3n) is 4.30. The molecule has 1 aliphatic carbocycles. The molecule has 0 aromatic carbocycles. The predicted octanol–water partition coefficient (Wildman–Crippen LogP) is 3.00. The number of nitrogens with one attached hydrogen (secondary N) is 1. The Balaban J connectivity index is 1.83. The number of ether oxygens (including phenoxy) is 3. The van der Waals surface area contributed by atoms with Gasteiger partial charge in [-0.25, -0.2) is 0 Å². The van der Waals surface area contributed by atoms with Crippen molar-refractivity contribution in [2.24, 2.45) is 5.92 Å². The molecule has 0 saturated heterocycles. The van der Waals surface area contributed by atoms with Crippen LogP contribution in [0.3, 0.4) is 0 Å². The van der Waals surface area contributed by atoms with E-state index < -0.39 is 0 Å². The molecule has 2 unspecified atom stereocenters. The molecular weight excluding hydrogens is 266 g/mol. The standard InChI is InChI=1S/C17H35NO3/c1-3-4-10-19-12-14-21-15-13-20-11-9-16-7-5-6-8-17(16)18-2/h16-18H,3-15H2,1-2H3. The van der Waals surface area contributed by atoms with E-state index in [0.29, 0.717) is 32.5 Å². The van der Waals surface area contributed by atoms with E-state index in [1.54, 1.807) is 0 Å². The van der Waals surface area contributed by atoms with Gasteiger partial charge < -0.3 is 19.5 Å². The van der Waals surface area contributed by atoms with E-state index in [0.717, 1.165) is 25.6 Å². The maximum absolute atomic E-state index is 5.68. The summed E-state index contributed by atoms with van der Waals surface area (Å²) >= 11 is 0. The topological polar surface area (TPSA) is 39.7 Å². The summed E-state index contributed by atoms with van der Waals surface area (Å²) in [4.78, 5) is 0. The van der Waals surface area contributed by atoms with Gasteiger partial charge in [-0.3, -0.25) is 0 Å². The van der Waals surface area contributed by atoms with Gasteiger partial charge in [-0.1, -0.05) is 26.2 Å². The summed E-state index contributed by atoms with van der Waals surface area (Å²) < 4.78 is 16.6. The van der Waals surface area contributed by atoms with Crippen LogP contribution in [0.5, 0.6) is 0 Å². The lowest BCUT2D eigenvalue weighted by Gasteiger charge is -2.31. The van der Waals surface area contributed by atoms with E-state index in [1.807, 2.05) is 0 Å². The second kappa shape index (κ2) is 13.5. The highest BCUT2D eigenvalue weighted by atomic mass is 16.5. The summed E-state index contributed by atoms with van der Waals surface area (Å²) in [5.74, 6) is 0.789. The van der Waals surface area contributed by atoms with Crippen LogP contribution in [-0.4, -0.2) is 52.7 Å². The molecule has 0 bridgehead atoms. The lowest BCUT2D eigenvalue weighted by atomic mass is 9.83. The zero-order valence-electron chi connectivity index (χ0n) is 14.1. The first-order valence-electron chi connectivity index (χ1n) is 8.79. The quantitative estimate of drug-likeness (QED) is 0.531. The van der Waals surface area contributed by atoms with E-state index in [4.69, 9.17) is 14.2 Å². The molecule has 0 heterocycles. The number of hydrogen-bond acceptors (Lipinski definition) is 4. The van der Waals surface area contributed by atoms with Crippen LogP contribution in [0.4, 0.5) is 0 Å². The molecular formula is C17H35NO3. The fraction of sp³-hybridized carbons (Fsp3) is 1.00. The average Bonchev–Trinajstić information content (AvgIpc) is 2.53. The molecule has 1 fully saturated rings. The van der Waals surface area contributed by atoms with Crippen molar-refractivity contribution in [2.75, 3.05) is 46.7 Å². The van der Waals surface area contributed by atoms with E-state index in [1.165, 1.54) is 38.5 Å². The molecule has 1 saturated carbocycles. The summed E-state index contributed by atoms with van der Waals surface area (Å²) in [6, 6.07) is 0.693. The van der Waals surface area contributed by atoms with Gasteiger partial charge in [0.05, 0.1) is 26.4 Å². The van der Waals surface area contributed by atoms with Crippen molar-refractivity contribution in [2.45, 2.75) is 57.9 Å². The first-order chi connectivity index (χ1) is 10.4. The smallest absolute Gasteiger partial charge is 0.0701 e. The molecule has 0 radical (unpaired) electrons. The van der Waals surface area contributed by atoms with E-state index in [9.17, 15) is 0 Å². The minimum atomic E-state index is 0.678. The highest BCUT2D eigenvalue weighted by Crippen LogP contribution is 2.26. The lowest BCUT2D eigenvalue weighted by molar-refractivity contribution is 0.0104. The summed E-state index contributed by atoms with van der Waals surface area (Å²) in [5.41, 5.74) is 0. The highest BCUT2D eigenvalue weighted by Gasteiger charge is 2.22. The maximum Gasteiger partial charge on any atom is 0.0701 e. The van der Waals surface area contributed by atoms with Gasteiger partial charge in [0, 0.05) is 19.3 Å². The minimum absolute atomic E-state index is 0.678. The van der Waals surface area contributed by atoms with Crippen LogP contribution in [0, 0.1) is 5.92 Å². The Morgan fingerprint density at radius 3 is 2.14 bits per heavy atom. The van der Waals surface area contributed by atoms with Crippen molar-refractivity contribution in [3.05, 3.63) is 0 Å². The van der Waals surface area contributed by atoms with Gasteiger partial charge in [0.15, 0.2) is 0 Å². The van der Waals surface area contributed by atoms with Gasteiger partial charge in [-0.2, -0.15) is 0 Å². The summed E-state index contributed by atoms with van der Waals surface area (Å²) in [6.07, 6.45) is 8.91. The van der Waals surface area contributed by atoms with Crippen molar-refractivity contribution in [3.63, 3.8) is 0 Å². The van der Waals surface area contributed by atoms with Crippen molar-refractivity contribution in [1.82, 2.24) is 5.32 Å². The molecule has 0 aromatic heterocycles. The molecule has 126 valence electrons. The first kappa shape index (κ1) is 18.9. The Morgan fingerprint density at radius 1 is 0.857 bits per heavy atom. The lowest BCUT2D eigenvalue weighted by Crippen LogP contribution is -2.36. The van der Waals surface area contributed by atoms with Gasteiger partial charge in [0.1, 0.15) is 0 Å². The van der Waals surface area contributed by atoms with Gasteiger partial charge in [0.2, 0.25) is 0 Å². The van der Waals surface area contributed by atoms with Gasteiger partial charge in [-0.05, 0) is 38.6 Å². The molecule has 0 spiro atoms. The Kier molecular flexibility index (Phi) is 12.1. The molecule has 4 heteroatoms. The summed E-state index contributed by atoms with van der Waals surface area (Å²) in [7, 11) is 2.08. The molecule has 4 nitrogen and oxygen atoms in total. The number of unbranched alkanes of at least 4 members (excludes halogenated alkanes) is 1. The van der Waals surface area contributed by atoms with Crippen LogP contribution in [0.2, 0.25) is 0 Å². The monoisotopic (exact) mass is 301 g/mol. The molecule has 0 aliphatic heterocycles. The van der Waals surface area contributed by atoms with Gasteiger partial charge >= 0.3 is 0 Å². The molecule has 0 aromatic rings. The number of hydrogen-bond donors (Lipinski definition) is 1. The van der Waals surface area contributed by atoms with E-state index in [-0.39, 0.29) is 0 Å².